The van der Waals surface area contributed by atoms with E-state index in [1.54, 1.807) is 0 Å². The number of nitrogens with zero attached hydrogens (tertiary/aromatic N) is 1. The van der Waals surface area contributed by atoms with Crippen molar-refractivity contribution in [3.63, 3.8) is 0 Å². The molecular formula is C16H10F2N2O3. The second kappa shape index (κ2) is 6.23. The number of benzene rings is 2. The number of hydrogen-bond donors (Lipinski definition) is 2. The van der Waals surface area contributed by atoms with Crippen LogP contribution in [0.2, 0.25) is 0 Å². The Morgan fingerprint density at radius 1 is 1.09 bits per heavy atom. The number of carbonyl (C=O) groups is 2. The van der Waals surface area contributed by atoms with Crippen LogP contribution in [0, 0.1) is 11.3 Å². The van der Waals surface area contributed by atoms with Gasteiger partial charge in [0.15, 0.2) is 0 Å². The van der Waals surface area contributed by atoms with Crippen molar-refractivity contribution >= 4 is 17.4 Å². The number of aromatic hydroxyl groups is 1. The third-order valence-electron chi connectivity index (χ3n) is 2.99. The Hall–Kier alpha value is -3.27. The zero-order valence-electron chi connectivity index (χ0n) is 11.6. The summed E-state index contributed by atoms with van der Waals surface area (Å²) in [5, 5.41) is 20.0. The van der Waals surface area contributed by atoms with Crippen LogP contribution >= 0.6 is 0 Å². The number of rotatable bonds is 4. The molecule has 0 radical (unpaired) electrons. The molecule has 23 heavy (non-hydrogen) atoms. The number of nitriles is 1. The van der Waals surface area contributed by atoms with Gasteiger partial charge in [0, 0.05) is 5.69 Å². The van der Waals surface area contributed by atoms with Crippen molar-refractivity contribution in [1.82, 2.24) is 0 Å². The predicted molar refractivity (Wildman–Crippen MR) is 77.2 cm³/mol. The van der Waals surface area contributed by atoms with Gasteiger partial charge < -0.3 is 10.4 Å². The molecule has 0 heterocycles. The molecule has 0 atom stereocenters. The van der Waals surface area contributed by atoms with Gasteiger partial charge in [0.25, 0.3) is 0 Å². The highest BCUT2D eigenvalue weighted by Gasteiger charge is 2.48. The molecule has 5 nitrogen and oxygen atoms in total. The summed E-state index contributed by atoms with van der Waals surface area (Å²) in [4.78, 5) is 23.5. The minimum atomic E-state index is -4.35. The zero-order valence-corrected chi connectivity index (χ0v) is 11.6. The maximum atomic E-state index is 14.0. The van der Waals surface area contributed by atoms with Crippen LogP contribution in [-0.2, 0) is 4.79 Å². The average molecular weight is 316 g/mol. The first kappa shape index (κ1) is 16.1. The minimum Gasteiger partial charge on any atom is -0.507 e. The van der Waals surface area contributed by atoms with Crippen LogP contribution in [0.1, 0.15) is 15.9 Å². The lowest BCUT2D eigenvalue weighted by Gasteiger charge is -2.15. The number of halogens is 2. The van der Waals surface area contributed by atoms with Gasteiger partial charge in [0.2, 0.25) is 5.78 Å². The highest BCUT2D eigenvalue weighted by atomic mass is 19.3. The lowest BCUT2D eigenvalue weighted by molar-refractivity contribution is -0.133. The second-order valence-electron chi connectivity index (χ2n) is 4.56. The molecule has 7 heteroatoms. The Labute approximate surface area is 129 Å². The van der Waals surface area contributed by atoms with Gasteiger partial charge in [0.1, 0.15) is 5.75 Å². The Balaban J connectivity index is 2.21. The molecule has 0 aliphatic heterocycles. The number of phenols is 1. The molecule has 0 aromatic heterocycles. The third-order valence-corrected chi connectivity index (χ3v) is 2.99. The summed E-state index contributed by atoms with van der Waals surface area (Å²) in [6.07, 6.45) is 0. The summed E-state index contributed by atoms with van der Waals surface area (Å²) >= 11 is 0. The zero-order chi connectivity index (χ0) is 17.0. The van der Waals surface area contributed by atoms with Crippen molar-refractivity contribution in [2.24, 2.45) is 0 Å². The number of Topliss-reactive ketones (excluding diaryl/α,β-unsaturated/α-hetero) is 1. The van der Waals surface area contributed by atoms with E-state index in [-0.39, 0.29) is 5.69 Å². The molecule has 0 bridgehead atoms. The van der Waals surface area contributed by atoms with E-state index in [0.717, 1.165) is 12.1 Å². The number of carbonyl (C=O) groups excluding carboxylic acids is 2. The van der Waals surface area contributed by atoms with Crippen molar-refractivity contribution in [2.45, 2.75) is 5.92 Å². The van der Waals surface area contributed by atoms with Crippen LogP contribution in [0.5, 0.6) is 5.75 Å². The molecular weight excluding hydrogens is 306 g/mol. The number of ketones is 1. The van der Waals surface area contributed by atoms with Crippen LogP contribution < -0.4 is 5.32 Å². The molecule has 2 rings (SSSR count). The molecule has 0 spiro atoms. The van der Waals surface area contributed by atoms with Crippen LogP contribution in [0.4, 0.5) is 14.5 Å². The maximum absolute atomic E-state index is 14.0. The molecule has 1 amide bonds. The van der Waals surface area contributed by atoms with Crippen LogP contribution in [0.15, 0.2) is 48.5 Å². The summed E-state index contributed by atoms with van der Waals surface area (Å²) in [6, 6.07) is 11.8. The molecule has 0 aliphatic carbocycles. The lowest BCUT2D eigenvalue weighted by Crippen LogP contribution is -2.42. The van der Waals surface area contributed by atoms with Crippen molar-refractivity contribution in [2.75, 3.05) is 5.32 Å². The fraction of sp³-hybridized carbons (Fsp3) is 0.0625. The van der Waals surface area contributed by atoms with E-state index >= 15 is 0 Å². The highest BCUT2D eigenvalue weighted by Crippen LogP contribution is 2.27. The average Bonchev–Trinajstić information content (AvgIpc) is 2.55. The Bertz CT molecular complexity index is 796. The van der Waals surface area contributed by atoms with Crippen LogP contribution in [-0.4, -0.2) is 22.7 Å². The summed E-state index contributed by atoms with van der Waals surface area (Å²) in [6.45, 7) is 0. The fourth-order valence-corrected chi connectivity index (χ4v) is 1.78. The van der Waals surface area contributed by atoms with Gasteiger partial charge in [-0.2, -0.15) is 14.0 Å². The molecule has 0 fully saturated rings. The molecule has 0 unspecified atom stereocenters. The van der Waals surface area contributed by atoms with Crippen molar-refractivity contribution in [3.8, 4) is 11.8 Å². The highest BCUT2D eigenvalue weighted by molar-refractivity contribution is 6.19. The Kier molecular flexibility index (Phi) is 4.37. The number of phenolic OH excluding ortho intramolecular Hbond substituents is 1. The van der Waals surface area contributed by atoms with Gasteiger partial charge in [0.05, 0.1) is 17.2 Å². The van der Waals surface area contributed by atoms with Gasteiger partial charge in [-0.05, 0) is 36.4 Å². The van der Waals surface area contributed by atoms with Gasteiger partial charge >= 0.3 is 11.8 Å². The number of para-hydroxylation sites is 1. The van der Waals surface area contributed by atoms with E-state index in [1.165, 1.54) is 36.4 Å². The van der Waals surface area contributed by atoms with Crippen molar-refractivity contribution in [1.29, 1.82) is 5.26 Å². The molecule has 2 N–H and O–H groups in total. The van der Waals surface area contributed by atoms with Gasteiger partial charge in [-0.25, -0.2) is 0 Å². The van der Waals surface area contributed by atoms with E-state index < -0.39 is 28.9 Å². The molecule has 0 aliphatic rings. The molecule has 2 aromatic rings. The molecule has 0 saturated heterocycles. The van der Waals surface area contributed by atoms with Crippen molar-refractivity contribution in [3.05, 3.63) is 59.7 Å². The maximum Gasteiger partial charge on any atom is 0.386 e. The quantitative estimate of drug-likeness (QED) is 0.670. The molecule has 2 aromatic carbocycles. The number of anilines is 1. The Morgan fingerprint density at radius 3 is 2.26 bits per heavy atom. The predicted octanol–water partition coefficient (Wildman–Crippen LogP) is 2.72. The topological polar surface area (TPSA) is 90.2 Å². The monoisotopic (exact) mass is 316 g/mol. The summed E-state index contributed by atoms with van der Waals surface area (Å²) in [7, 11) is 0. The smallest absolute Gasteiger partial charge is 0.386 e. The third kappa shape index (κ3) is 3.32. The molecule has 116 valence electrons. The van der Waals surface area contributed by atoms with E-state index in [1.807, 2.05) is 11.4 Å². The first-order valence-electron chi connectivity index (χ1n) is 6.38. The van der Waals surface area contributed by atoms with Crippen LogP contribution in [0.3, 0.4) is 0 Å². The van der Waals surface area contributed by atoms with E-state index in [9.17, 15) is 23.5 Å². The number of amides is 1. The standard InChI is InChI=1S/C16H10F2N2O3/c17-16(18,14(22)12-3-1-2-4-13(12)21)15(23)20-11-7-5-10(9-19)6-8-11/h1-8,21H,(H,20,23). The SMILES string of the molecule is N#Cc1ccc(NC(=O)C(F)(F)C(=O)c2ccccc2O)cc1. The number of nitrogens with one attached hydrogen (secondary N) is 1. The first-order chi connectivity index (χ1) is 10.9. The largest absolute Gasteiger partial charge is 0.507 e. The van der Waals surface area contributed by atoms with Gasteiger partial charge in [-0.3, -0.25) is 9.59 Å². The van der Waals surface area contributed by atoms with E-state index in [4.69, 9.17) is 5.26 Å². The van der Waals surface area contributed by atoms with Crippen molar-refractivity contribution < 1.29 is 23.5 Å². The lowest BCUT2D eigenvalue weighted by atomic mass is 10.0. The van der Waals surface area contributed by atoms with E-state index in [0.29, 0.717) is 5.56 Å². The van der Waals surface area contributed by atoms with Gasteiger partial charge in [-0.15, -0.1) is 0 Å². The normalized spacial score (nSPS) is 10.7. The summed E-state index contributed by atoms with van der Waals surface area (Å²) < 4.78 is 28.0. The van der Waals surface area contributed by atoms with Gasteiger partial charge in [-0.1, -0.05) is 12.1 Å². The van der Waals surface area contributed by atoms with Crippen LogP contribution in [0.25, 0.3) is 0 Å². The minimum absolute atomic E-state index is 0.0127. The summed E-state index contributed by atoms with van der Waals surface area (Å²) in [5.41, 5.74) is -0.341. The number of alkyl halides is 2. The fourth-order valence-electron chi connectivity index (χ4n) is 1.78. The number of hydrogen-bond acceptors (Lipinski definition) is 4. The van der Waals surface area contributed by atoms with E-state index in [2.05, 4.69) is 0 Å². The first-order valence-corrected chi connectivity index (χ1v) is 6.38. The second-order valence-corrected chi connectivity index (χ2v) is 4.56. The summed E-state index contributed by atoms with van der Waals surface area (Å²) in [5.74, 6) is -8.62. The molecule has 0 saturated carbocycles. The Morgan fingerprint density at radius 2 is 1.70 bits per heavy atom.